The fourth-order valence-electron chi connectivity index (χ4n) is 2.84. The lowest BCUT2D eigenvalue weighted by Crippen LogP contribution is -2.42. The molecule has 6 nitrogen and oxygen atoms in total. The number of benzene rings is 1. The molecule has 140 valence electrons. The molecule has 0 saturated carbocycles. The van der Waals surface area contributed by atoms with Crippen LogP contribution in [0.5, 0.6) is 0 Å². The van der Waals surface area contributed by atoms with Gasteiger partial charge < -0.3 is 20.3 Å². The Balaban J connectivity index is 0.00000312. The third-order valence-electron chi connectivity index (χ3n) is 4.25. The van der Waals surface area contributed by atoms with E-state index in [0.29, 0.717) is 30.4 Å². The van der Waals surface area contributed by atoms with Crippen molar-refractivity contribution in [3.63, 3.8) is 0 Å². The van der Waals surface area contributed by atoms with Crippen LogP contribution < -0.4 is 10.6 Å². The molecule has 0 spiro atoms. The van der Waals surface area contributed by atoms with Crippen LogP contribution in [-0.2, 0) is 9.53 Å². The van der Waals surface area contributed by atoms with E-state index >= 15 is 0 Å². The van der Waals surface area contributed by atoms with Crippen LogP contribution in [0.25, 0.3) is 0 Å². The minimum absolute atomic E-state index is 0. The van der Waals surface area contributed by atoms with E-state index in [-0.39, 0.29) is 30.8 Å². The lowest BCUT2D eigenvalue weighted by Gasteiger charge is -2.33. The molecule has 2 rings (SSSR count). The van der Waals surface area contributed by atoms with Gasteiger partial charge >= 0.3 is 0 Å². The first-order chi connectivity index (χ1) is 11.6. The highest BCUT2D eigenvalue weighted by molar-refractivity contribution is 5.96. The minimum atomic E-state index is -0.116. The van der Waals surface area contributed by atoms with Gasteiger partial charge in [0.05, 0.1) is 13.2 Å². The first-order valence-corrected chi connectivity index (χ1v) is 8.52. The Hall–Kier alpha value is -1.63. The van der Waals surface area contributed by atoms with Crippen LogP contribution in [-0.4, -0.2) is 56.1 Å². The van der Waals surface area contributed by atoms with E-state index in [9.17, 15) is 9.59 Å². The van der Waals surface area contributed by atoms with Crippen LogP contribution in [0.3, 0.4) is 0 Å². The summed E-state index contributed by atoms with van der Waals surface area (Å²) in [5.74, 6) is -0.0452. The number of nitrogens with zero attached hydrogens (tertiary/aromatic N) is 1. The number of hydrogen-bond donors (Lipinski definition) is 2. The minimum Gasteiger partial charge on any atom is -0.383 e. The highest BCUT2D eigenvalue weighted by atomic mass is 35.5. The monoisotopic (exact) mass is 369 g/mol. The normalized spacial score (nSPS) is 16.9. The van der Waals surface area contributed by atoms with Crippen molar-refractivity contribution in [3.8, 4) is 0 Å². The van der Waals surface area contributed by atoms with Crippen LogP contribution in [0, 0.1) is 0 Å². The second kappa shape index (κ2) is 11.1. The molecule has 0 radical (unpaired) electrons. The summed E-state index contributed by atoms with van der Waals surface area (Å²) in [7, 11) is 1.62. The predicted molar refractivity (Wildman–Crippen MR) is 101 cm³/mol. The van der Waals surface area contributed by atoms with Crippen molar-refractivity contribution in [1.29, 1.82) is 0 Å². The summed E-state index contributed by atoms with van der Waals surface area (Å²) in [5.41, 5.74) is 1.36. The number of hydrogen-bond acceptors (Lipinski definition) is 4. The van der Waals surface area contributed by atoms with Crippen molar-refractivity contribution in [2.45, 2.75) is 32.2 Å². The fraction of sp³-hybridized carbons (Fsp3) is 0.556. The second-order valence-corrected chi connectivity index (χ2v) is 6.14. The average molecular weight is 370 g/mol. The van der Waals surface area contributed by atoms with Gasteiger partial charge in [-0.2, -0.15) is 0 Å². The van der Waals surface area contributed by atoms with E-state index in [2.05, 4.69) is 17.6 Å². The molecule has 1 fully saturated rings. The van der Waals surface area contributed by atoms with Crippen LogP contribution in [0.1, 0.15) is 36.5 Å². The number of anilines is 1. The Bertz CT molecular complexity index is 551. The average Bonchev–Trinajstić information content (AvgIpc) is 2.59. The van der Waals surface area contributed by atoms with Gasteiger partial charge in [-0.3, -0.25) is 9.59 Å². The van der Waals surface area contributed by atoms with Gasteiger partial charge in [-0.1, -0.05) is 0 Å². The SMILES string of the molecule is COCCNCC(=O)Nc1ccc(C(=O)N2CCCCC2C)cc1.Cl. The van der Waals surface area contributed by atoms with E-state index < -0.39 is 0 Å². The summed E-state index contributed by atoms with van der Waals surface area (Å²) in [5, 5.41) is 5.79. The number of ether oxygens (including phenoxy) is 1. The Labute approximate surface area is 155 Å². The van der Waals surface area contributed by atoms with E-state index in [4.69, 9.17) is 4.74 Å². The van der Waals surface area contributed by atoms with Gasteiger partial charge in [-0.05, 0) is 50.5 Å². The van der Waals surface area contributed by atoms with Crippen molar-refractivity contribution in [2.75, 3.05) is 38.7 Å². The van der Waals surface area contributed by atoms with Crippen molar-refractivity contribution < 1.29 is 14.3 Å². The van der Waals surface area contributed by atoms with Crippen LogP contribution >= 0.6 is 12.4 Å². The molecule has 2 N–H and O–H groups in total. The van der Waals surface area contributed by atoms with Gasteiger partial charge in [0.2, 0.25) is 5.91 Å². The number of likely N-dealkylation sites (tertiary alicyclic amines) is 1. The van der Waals surface area contributed by atoms with E-state index in [1.807, 2.05) is 4.90 Å². The van der Waals surface area contributed by atoms with Crippen molar-refractivity contribution >= 4 is 29.9 Å². The summed E-state index contributed by atoms with van der Waals surface area (Å²) in [6.07, 6.45) is 3.32. The zero-order valence-corrected chi connectivity index (χ0v) is 15.7. The zero-order valence-electron chi connectivity index (χ0n) is 14.9. The van der Waals surface area contributed by atoms with E-state index in [0.717, 1.165) is 19.4 Å². The van der Waals surface area contributed by atoms with Crippen molar-refractivity contribution in [3.05, 3.63) is 29.8 Å². The first-order valence-electron chi connectivity index (χ1n) is 8.52. The topological polar surface area (TPSA) is 70.7 Å². The molecule has 7 heteroatoms. The molecular formula is C18H28ClN3O3. The maximum Gasteiger partial charge on any atom is 0.254 e. The van der Waals surface area contributed by atoms with Gasteiger partial charge in [0.25, 0.3) is 5.91 Å². The standard InChI is InChI=1S/C18H27N3O3.ClH/c1-14-5-3-4-11-21(14)18(23)15-6-8-16(9-7-15)20-17(22)13-19-10-12-24-2;/h6-9,14,19H,3-5,10-13H2,1-2H3,(H,20,22);1H. The molecule has 1 atom stereocenters. The number of halogens is 1. The summed E-state index contributed by atoms with van der Waals surface area (Å²) in [6, 6.07) is 7.39. The Morgan fingerprint density at radius 3 is 2.60 bits per heavy atom. The molecule has 1 saturated heterocycles. The van der Waals surface area contributed by atoms with E-state index in [1.54, 1.807) is 31.4 Å². The summed E-state index contributed by atoms with van der Waals surface area (Å²) >= 11 is 0. The third kappa shape index (κ3) is 6.65. The lowest BCUT2D eigenvalue weighted by molar-refractivity contribution is -0.115. The zero-order chi connectivity index (χ0) is 17.4. The van der Waals surface area contributed by atoms with Gasteiger partial charge in [0.1, 0.15) is 0 Å². The molecule has 1 aliphatic rings. The smallest absolute Gasteiger partial charge is 0.254 e. The summed E-state index contributed by atoms with van der Waals surface area (Å²) in [4.78, 5) is 26.3. The molecule has 1 aliphatic heterocycles. The Morgan fingerprint density at radius 1 is 1.24 bits per heavy atom. The molecule has 0 bridgehead atoms. The predicted octanol–water partition coefficient (Wildman–Crippen LogP) is 2.30. The Kier molecular flexibility index (Phi) is 9.49. The highest BCUT2D eigenvalue weighted by Gasteiger charge is 2.23. The van der Waals surface area contributed by atoms with Crippen molar-refractivity contribution in [1.82, 2.24) is 10.2 Å². The fourth-order valence-corrected chi connectivity index (χ4v) is 2.84. The van der Waals surface area contributed by atoms with Crippen molar-refractivity contribution in [2.24, 2.45) is 0 Å². The number of carbonyl (C=O) groups excluding carboxylic acids is 2. The maximum atomic E-state index is 12.6. The largest absolute Gasteiger partial charge is 0.383 e. The molecule has 2 amide bonds. The van der Waals surface area contributed by atoms with Crippen LogP contribution in [0.4, 0.5) is 5.69 Å². The molecule has 1 heterocycles. The van der Waals surface area contributed by atoms with Crippen LogP contribution in [0.2, 0.25) is 0 Å². The number of nitrogens with one attached hydrogen (secondary N) is 2. The number of methoxy groups -OCH3 is 1. The number of amides is 2. The van der Waals surface area contributed by atoms with Gasteiger partial charge in [-0.25, -0.2) is 0 Å². The quantitative estimate of drug-likeness (QED) is 0.723. The number of rotatable bonds is 7. The lowest BCUT2D eigenvalue weighted by atomic mass is 10.0. The number of carbonyl (C=O) groups is 2. The maximum absolute atomic E-state index is 12.6. The van der Waals surface area contributed by atoms with Crippen LogP contribution in [0.15, 0.2) is 24.3 Å². The molecule has 25 heavy (non-hydrogen) atoms. The molecular weight excluding hydrogens is 342 g/mol. The summed E-state index contributed by atoms with van der Waals surface area (Å²) in [6.45, 7) is 4.35. The Morgan fingerprint density at radius 2 is 1.96 bits per heavy atom. The molecule has 1 unspecified atom stereocenters. The molecule has 0 aromatic heterocycles. The summed E-state index contributed by atoms with van der Waals surface area (Å²) < 4.78 is 4.90. The highest BCUT2D eigenvalue weighted by Crippen LogP contribution is 2.20. The number of piperidine rings is 1. The van der Waals surface area contributed by atoms with E-state index in [1.165, 1.54) is 6.42 Å². The molecule has 1 aromatic carbocycles. The second-order valence-electron chi connectivity index (χ2n) is 6.14. The van der Waals surface area contributed by atoms with Gasteiger partial charge in [0, 0.05) is 37.5 Å². The molecule has 0 aliphatic carbocycles. The first kappa shape index (κ1) is 21.4. The van der Waals surface area contributed by atoms with Gasteiger partial charge in [-0.15, -0.1) is 12.4 Å². The third-order valence-corrected chi connectivity index (χ3v) is 4.25. The van der Waals surface area contributed by atoms with Gasteiger partial charge in [0.15, 0.2) is 0 Å². The molecule has 1 aromatic rings.